The Morgan fingerprint density at radius 3 is 2.62 bits per heavy atom. The lowest BCUT2D eigenvalue weighted by Gasteiger charge is -2.45. The molecule has 1 aromatic heterocycles. The van der Waals surface area contributed by atoms with Crippen LogP contribution in [0.1, 0.15) is 28.9 Å². The molecule has 2 aliphatic rings. The molecule has 0 atom stereocenters. The Balaban J connectivity index is 1.34. The number of amides is 1. The van der Waals surface area contributed by atoms with Gasteiger partial charge in [-0.2, -0.15) is 0 Å². The van der Waals surface area contributed by atoms with Crippen LogP contribution in [0.15, 0.2) is 54.7 Å². The van der Waals surface area contributed by atoms with Crippen LogP contribution >= 0.6 is 0 Å². The Kier molecular flexibility index (Phi) is 5.91. The molecule has 0 radical (unpaired) electrons. The number of hydrogen-bond acceptors (Lipinski definition) is 5. The molecule has 0 unspecified atom stereocenters. The average Bonchev–Trinajstić information content (AvgIpc) is 3.36. The van der Waals surface area contributed by atoms with Gasteiger partial charge in [0.15, 0.2) is 17.1 Å². The molecule has 5 rings (SSSR count). The van der Waals surface area contributed by atoms with Crippen LogP contribution in [0, 0.1) is 5.82 Å². The Bertz CT molecular complexity index is 1200. The number of nitrogens with zero attached hydrogens (tertiary/aromatic N) is 2. The van der Waals surface area contributed by atoms with Gasteiger partial charge in [0.2, 0.25) is 0 Å². The summed E-state index contributed by atoms with van der Waals surface area (Å²) < 4.78 is 39.4. The van der Waals surface area contributed by atoms with Gasteiger partial charge in [0.25, 0.3) is 5.91 Å². The minimum Gasteiger partial charge on any atom is -0.493 e. The van der Waals surface area contributed by atoms with Gasteiger partial charge < -0.3 is 28.4 Å². The second-order valence-electron chi connectivity index (χ2n) is 8.44. The highest BCUT2D eigenvalue weighted by Gasteiger charge is 2.44. The fourth-order valence-electron chi connectivity index (χ4n) is 4.77. The fourth-order valence-corrected chi connectivity index (χ4v) is 4.77. The molecular formula is C26H27FN2O5. The van der Waals surface area contributed by atoms with E-state index < -0.39 is 11.4 Å². The summed E-state index contributed by atoms with van der Waals surface area (Å²) in [6.07, 6.45) is 3.25. The predicted octanol–water partition coefficient (Wildman–Crippen LogP) is 4.17. The molecule has 3 heterocycles. The van der Waals surface area contributed by atoms with Gasteiger partial charge in [0.05, 0.1) is 30.7 Å². The third-order valence-corrected chi connectivity index (χ3v) is 6.53. The Morgan fingerprint density at radius 1 is 1.06 bits per heavy atom. The van der Waals surface area contributed by atoms with Crippen molar-refractivity contribution in [3.8, 4) is 22.9 Å². The van der Waals surface area contributed by atoms with Crippen molar-refractivity contribution in [3.63, 3.8) is 0 Å². The lowest BCUT2D eigenvalue weighted by atomic mass is 9.86. The molecule has 1 amide bonds. The van der Waals surface area contributed by atoms with E-state index in [0.717, 1.165) is 17.1 Å². The summed E-state index contributed by atoms with van der Waals surface area (Å²) in [6.45, 7) is 1.50. The maximum Gasteiger partial charge on any atom is 0.256 e. The van der Waals surface area contributed by atoms with Crippen molar-refractivity contribution in [1.82, 2.24) is 9.47 Å². The van der Waals surface area contributed by atoms with Crippen molar-refractivity contribution in [1.29, 1.82) is 0 Å². The second-order valence-corrected chi connectivity index (χ2v) is 8.44. The highest BCUT2D eigenvalue weighted by Crippen LogP contribution is 2.45. The zero-order valence-electron chi connectivity index (χ0n) is 19.3. The Hall–Kier alpha value is -3.52. The first-order valence-corrected chi connectivity index (χ1v) is 11.3. The monoisotopic (exact) mass is 466 g/mol. The molecule has 0 bridgehead atoms. The van der Waals surface area contributed by atoms with Crippen molar-refractivity contribution >= 4 is 5.91 Å². The number of carbonyl (C=O) groups is 1. The van der Waals surface area contributed by atoms with E-state index in [9.17, 15) is 9.18 Å². The zero-order chi connectivity index (χ0) is 23.7. The van der Waals surface area contributed by atoms with E-state index in [2.05, 4.69) is 10.6 Å². The SMILES string of the molecule is COCCOc1cc(F)c(C(=O)N2CCC3(CC2)Oc2ccccc2-n2cccc23)cc1OC. The molecule has 1 saturated heterocycles. The number of carbonyl (C=O) groups excluding carboxylic acids is 1. The standard InChI is InChI=1S/C26H27FN2O5/c1-31-14-15-33-23-17-19(27)18(16-22(23)32-2)25(30)28-12-9-26(10-13-28)24-8-5-11-29(24)20-6-3-4-7-21(20)34-26/h3-8,11,16-17H,9-10,12-15H2,1-2H3. The van der Waals surface area contributed by atoms with E-state index in [1.807, 2.05) is 36.5 Å². The molecule has 8 heteroatoms. The van der Waals surface area contributed by atoms with E-state index in [4.69, 9.17) is 18.9 Å². The minimum absolute atomic E-state index is 0.0369. The summed E-state index contributed by atoms with van der Waals surface area (Å²) in [5.41, 5.74) is 1.52. The first-order chi connectivity index (χ1) is 16.6. The summed E-state index contributed by atoms with van der Waals surface area (Å²) in [5.74, 6) is 0.349. The zero-order valence-corrected chi connectivity index (χ0v) is 19.3. The predicted molar refractivity (Wildman–Crippen MR) is 124 cm³/mol. The number of hydrogen-bond donors (Lipinski definition) is 0. The maximum atomic E-state index is 14.9. The van der Waals surface area contributed by atoms with Crippen LogP contribution in [0.25, 0.3) is 5.69 Å². The molecule has 2 aromatic carbocycles. The van der Waals surface area contributed by atoms with Gasteiger partial charge in [0, 0.05) is 45.3 Å². The summed E-state index contributed by atoms with van der Waals surface area (Å²) >= 11 is 0. The van der Waals surface area contributed by atoms with Gasteiger partial charge in [0.1, 0.15) is 18.2 Å². The molecule has 0 saturated carbocycles. The number of fused-ring (bicyclic) bond motifs is 4. The summed E-state index contributed by atoms with van der Waals surface area (Å²) in [7, 11) is 3.02. The van der Waals surface area contributed by atoms with Crippen LogP contribution in [0.2, 0.25) is 0 Å². The van der Waals surface area contributed by atoms with Crippen LogP contribution in [0.5, 0.6) is 17.2 Å². The average molecular weight is 467 g/mol. The molecule has 0 N–H and O–H groups in total. The van der Waals surface area contributed by atoms with Crippen molar-refractivity contribution < 1.29 is 28.1 Å². The summed E-state index contributed by atoms with van der Waals surface area (Å²) in [4.78, 5) is 14.9. The van der Waals surface area contributed by atoms with Gasteiger partial charge in [-0.05, 0) is 30.3 Å². The van der Waals surface area contributed by atoms with Crippen molar-refractivity contribution in [2.24, 2.45) is 0 Å². The first-order valence-electron chi connectivity index (χ1n) is 11.3. The number of benzene rings is 2. The number of aromatic nitrogens is 1. The van der Waals surface area contributed by atoms with Crippen molar-refractivity contribution in [2.75, 3.05) is 40.5 Å². The van der Waals surface area contributed by atoms with Crippen LogP contribution in [-0.4, -0.2) is 55.9 Å². The van der Waals surface area contributed by atoms with E-state index in [1.165, 1.54) is 19.2 Å². The first kappa shape index (κ1) is 22.3. The van der Waals surface area contributed by atoms with E-state index in [0.29, 0.717) is 38.3 Å². The number of para-hydroxylation sites is 2. The quantitative estimate of drug-likeness (QED) is 0.510. The number of rotatable bonds is 6. The highest BCUT2D eigenvalue weighted by molar-refractivity contribution is 5.95. The fraction of sp³-hybridized carbons (Fsp3) is 0.346. The molecule has 3 aromatic rings. The molecule has 34 heavy (non-hydrogen) atoms. The van der Waals surface area contributed by atoms with Crippen LogP contribution in [0.3, 0.4) is 0 Å². The van der Waals surface area contributed by atoms with E-state index in [-0.39, 0.29) is 23.8 Å². The van der Waals surface area contributed by atoms with Gasteiger partial charge in [-0.15, -0.1) is 0 Å². The lowest BCUT2D eigenvalue weighted by molar-refractivity contribution is -0.00942. The topological polar surface area (TPSA) is 62.2 Å². The molecule has 7 nitrogen and oxygen atoms in total. The molecular weight excluding hydrogens is 439 g/mol. The maximum absolute atomic E-state index is 14.9. The van der Waals surface area contributed by atoms with Gasteiger partial charge >= 0.3 is 0 Å². The van der Waals surface area contributed by atoms with Crippen LogP contribution in [0.4, 0.5) is 4.39 Å². The summed E-state index contributed by atoms with van der Waals surface area (Å²) in [6, 6.07) is 14.6. The second kappa shape index (κ2) is 9.02. The number of methoxy groups -OCH3 is 2. The highest BCUT2D eigenvalue weighted by atomic mass is 19.1. The normalized spacial score (nSPS) is 15.9. The van der Waals surface area contributed by atoms with Crippen molar-refractivity contribution in [3.05, 3.63) is 71.8 Å². The van der Waals surface area contributed by atoms with Crippen LogP contribution in [-0.2, 0) is 10.3 Å². The largest absolute Gasteiger partial charge is 0.493 e. The number of ether oxygens (including phenoxy) is 4. The smallest absolute Gasteiger partial charge is 0.256 e. The molecule has 0 aliphatic carbocycles. The van der Waals surface area contributed by atoms with Gasteiger partial charge in [-0.25, -0.2) is 4.39 Å². The van der Waals surface area contributed by atoms with E-state index >= 15 is 0 Å². The van der Waals surface area contributed by atoms with Gasteiger partial charge in [-0.3, -0.25) is 4.79 Å². The number of halogens is 1. The Morgan fingerprint density at radius 2 is 1.85 bits per heavy atom. The van der Waals surface area contributed by atoms with Gasteiger partial charge in [-0.1, -0.05) is 12.1 Å². The van der Waals surface area contributed by atoms with Crippen LogP contribution < -0.4 is 14.2 Å². The summed E-state index contributed by atoms with van der Waals surface area (Å²) in [5, 5.41) is 0. The number of likely N-dealkylation sites (tertiary alicyclic amines) is 1. The molecule has 178 valence electrons. The third-order valence-electron chi connectivity index (χ3n) is 6.53. The lowest BCUT2D eigenvalue weighted by Crippen LogP contribution is -2.50. The minimum atomic E-state index is -0.643. The Labute approximate surface area is 197 Å². The van der Waals surface area contributed by atoms with E-state index in [1.54, 1.807) is 12.0 Å². The molecule has 1 fully saturated rings. The third kappa shape index (κ3) is 3.77. The molecule has 1 spiro atoms. The molecule has 2 aliphatic heterocycles. The van der Waals surface area contributed by atoms with Crippen molar-refractivity contribution in [2.45, 2.75) is 18.4 Å². The number of piperidine rings is 1.